The molecule has 5 rings (SSSR count). The highest BCUT2D eigenvalue weighted by Crippen LogP contribution is 2.61. The summed E-state index contributed by atoms with van der Waals surface area (Å²) in [7, 11) is 4.13. The van der Waals surface area contributed by atoms with Crippen LogP contribution in [0.5, 0.6) is 0 Å². The minimum Gasteiger partial charge on any atom is -0.396 e. The van der Waals surface area contributed by atoms with E-state index in [0.717, 1.165) is 38.5 Å². The minimum atomic E-state index is -0.649. The molecule has 4 aliphatic carbocycles. The summed E-state index contributed by atoms with van der Waals surface area (Å²) >= 11 is 0. The summed E-state index contributed by atoms with van der Waals surface area (Å²) in [6.45, 7) is 0.149. The number of aliphatic hydroxyl groups excluding tert-OH is 1. The zero-order chi connectivity index (χ0) is 22.5. The van der Waals surface area contributed by atoms with Crippen molar-refractivity contribution in [2.24, 2.45) is 17.8 Å². The van der Waals surface area contributed by atoms with E-state index in [-0.39, 0.29) is 18.3 Å². The standard InChI is InChI=1S/C28H37NO3/c1-29(2)20-7-4-18(5-8-20)25-17-26-23(12-14-28(26,32)13-3-15-30)24-10-6-19-16-21(31)9-11-22(19)27(24)25/h4-5,7-8,16,23-26,30,32H,3,6,9-15,17H2,1-2H3/t23-,24+,25-,26-,28-/m1/s1. The molecule has 1 aromatic carbocycles. The number of anilines is 1. The monoisotopic (exact) mass is 435 g/mol. The van der Waals surface area contributed by atoms with Gasteiger partial charge in [-0.2, -0.15) is 0 Å². The van der Waals surface area contributed by atoms with E-state index in [9.17, 15) is 15.0 Å². The van der Waals surface area contributed by atoms with Crippen molar-refractivity contribution in [1.82, 2.24) is 0 Å². The van der Waals surface area contributed by atoms with Gasteiger partial charge in [0.25, 0.3) is 0 Å². The highest BCUT2D eigenvalue weighted by atomic mass is 16.3. The van der Waals surface area contributed by atoms with E-state index >= 15 is 0 Å². The maximum atomic E-state index is 12.1. The molecule has 2 N–H and O–H groups in total. The average molecular weight is 436 g/mol. The molecule has 0 bridgehead atoms. The second-order valence-corrected chi connectivity index (χ2v) is 10.7. The number of carbonyl (C=O) groups is 1. The number of hydrogen-bond donors (Lipinski definition) is 2. The van der Waals surface area contributed by atoms with Crippen molar-refractivity contribution in [3.05, 3.63) is 52.6 Å². The zero-order valence-electron chi connectivity index (χ0n) is 19.5. The fraction of sp³-hybridized carbons (Fsp3) is 0.607. The SMILES string of the molecule is CN(C)c1ccc([C@H]2C[C@@H]3[C@H](CC[C@]3(O)CCCO)[C@@H]3CCC4=CC(=O)CCC4=C32)cc1. The van der Waals surface area contributed by atoms with Gasteiger partial charge in [0, 0.05) is 38.7 Å². The smallest absolute Gasteiger partial charge is 0.156 e. The molecule has 172 valence electrons. The first-order valence-corrected chi connectivity index (χ1v) is 12.5. The van der Waals surface area contributed by atoms with Gasteiger partial charge in [0.15, 0.2) is 5.78 Å². The third-order valence-electron chi connectivity index (χ3n) is 8.90. The average Bonchev–Trinajstić information content (AvgIpc) is 3.13. The second kappa shape index (κ2) is 8.46. The van der Waals surface area contributed by atoms with Crippen molar-refractivity contribution in [3.8, 4) is 0 Å². The summed E-state index contributed by atoms with van der Waals surface area (Å²) in [5.41, 5.74) is 6.23. The highest BCUT2D eigenvalue weighted by molar-refractivity contribution is 5.93. The largest absolute Gasteiger partial charge is 0.396 e. The van der Waals surface area contributed by atoms with E-state index in [0.29, 0.717) is 37.0 Å². The second-order valence-electron chi connectivity index (χ2n) is 10.7. The van der Waals surface area contributed by atoms with Crippen molar-refractivity contribution in [2.45, 2.75) is 69.3 Å². The number of hydrogen-bond acceptors (Lipinski definition) is 4. The summed E-state index contributed by atoms with van der Waals surface area (Å²) < 4.78 is 0. The maximum Gasteiger partial charge on any atom is 0.156 e. The molecule has 5 atom stereocenters. The number of aliphatic hydroxyl groups is 2. The molecule has 0 saturated heterocycles. The number of rotatable bonds is 5. The summed E-state index contributed by atoms with van der Waals surface area (Å²) in [6.07, 6.45) is 9.83. The predicted octanol–water partition coefficient (Wildman–Crippen LogP) is 4.77. The summed E-state index contributed by atoms with van der Waals surface area (Å²) in [5, 5.41) is 21.1. The fourth-order valence-electron chi connectivity index (χ4n) is 7.39. The zero-order valence-corrected chi connectivity index (χ0v) is 19.5. The Labute approximate surface area is 192 Å². The van der Waals surface area contributed by atoms with Crippen LogP contribution in [0.25, 0.3) is 0 Å². The number of benzene rings is 1. The van der Waals surface area contributed by atoms with Crippen molar-refractivity contribution >= 4 is 11.5 Å². The molecule has 0 aliphatic heterocycles. The molecule has 0 radical (unpaired) electrons. The van der Waals surface area contributed by atoms with Crippen LogP contribution in [0.2, 0.25) is 0 Å². The molecule has 0 heterocycles. The lowest BCUT2D eigenvalue weighted by molar-refractivity contribution is -0.114. The minimum absolute atomic E-state index is 0.149. The van der Waals surface area contributed by atoms with Gasteiger partial charge in [0.1, 0.15) is 0 Å². The quantitative estimate of drug-likeness (QED) is 0.700. The van der Waals surface area contributed by atoms with Crippen LogP contribution in [0, 0.1) is 17.8 Å². The summed E-state index contributed by atoms with van der Waals surface area (Å²) in [6, 6.07) is 8.97. The highest BCUT2D eigenvalue weighted by Gasteiger charge is 2.55. The number of carbonyl (C=O) groups excluding carboxylic acids is 1. The van der Waals surface area contributed by atoms with Crippen molar-refractivity contribution in [1.29, 1.82) is 0 Å². The van der Waals surface area contributed by atoms with Crippen molar-refractivity contribution < 1.29 is 15.0 Å². The van der Waals surface area contributed by atoms with Crippen LogP contribution in [0.1, 0.15) is 69.3 Å². The number of allylic oxidation sites excluding steroid dienone is 4. The molecular formula is C28H37NO3. The van der Waals surface area contributed by atoms with E-state index in [1.165, 1.54) is 22.4 Å². The molecule has 4 nitrogen and oxygen atoms in total. The molecular weight excluding hydrogens is 398 g/mol. The fourth-order valence-corrected chi connectivity index (χ4v) is 7.39. The Kier molecular flexibility index (Phi) is 5.79. The summed E-state index contributed by atoms with van der Waals surface area (Å²) in [5.74, 6) is 1.91. The molecule has 4 aliphatic rings. The van der Waals surface area contributed by atoms with Gasteiger partial charge in [-0.05, 0) is 104 Å². The summed E-state index contributed by atoms with van der Waals surface area (Å²) in [4.78, 5) is 14.3. The molecule has 0 aromatic heterocycles. The third kappa shape index (κ3) is 3.66. The van der Waals surface area contributed by atoms with Gasteiger partial charge in [-0.25, -0.2) is 0 Å². The van der Waals surface area contributed by atoms with Gasteiger partial charge < -0.3 is 15.1 Å². The van der Waals surface area contributed by atoms with Gasteiger partial charge in [-0.3, -0.25) is 4.79 Å². The van der Waals surface area contributed by atoms with Gasteiger partial charge in [-0.15, -0.1) is 0 Å². The Bertz CT molecular complexity index is 944. The predicted molar refractivity (Wildman–Crippen MR) is 128 cm³/mol. The molecule has 0 amide bonds. The third-order valence-corrected chi connectivity index (χ3v) is 8.90. The number of ketones is 1. The van der Waals surface area contributed by atoms with Gasteiger partial charge in [0.05, 0.1) is 5.60 Å². The van der Waals surface area contributed by atoms with Crippen LogP contribution in [0.15, 0.2) is 47.1 Å². The van der Waals surface area contributed by atoms with Crippen LogP contribution in [-0.2, 0) is 4.79 Å². The van der Waals surface area contributed by atoms with Gasteiger partial charge in [-0.1, -0.05) is 17.7 Å². The van der Waals surface area contributed by atoms with Crippen LogP contribution >= 0.6 is 0 Å². The van der Waals surface area contributed by atoms with E-state index in [4.69, 9.17) is 0 Å². The van der Waals surface area contributed by atoms with Gasteiger partial charge in [0.2, 0.25) is 0 Å². The molecule has 2 fully saturated rings. The van der Waals surface area contributed by atoms with Crippen LogP contribution in [0.4, 0.5) is 5.69 Å². The molecule has 2 saturated carbocycles. The van der Waals surface area contributed by atoms with Crippen LogP contribution < -0.4 is 4.90 Å². The molecule has 1 aromatic rings. The number of nitrogens with zero attached hydrogens (tertiary/aromatic N) is 1. The van der Waals surface area contributed by atoms with E-state index in [2.05, 4.69) is 43.3 Å². The maximum absolute atomic E-state index is 12.1. The topological polar surface area (TPSA) is 60.8 Å². The van der Waals surface area contributed by atoms with E-state index < -0.39 is 5.60 Å². The first kappa shape index (κ1) is 21.9. The van der Waals surface area contributed by atoms with Crippen molar-refractivity contribution in [3.63, 3.8) is 0 Å². The Morgan fingerprint density at radius 2 is 1.88 bits per heavy atom. The Hall–Kier alpha value is -1.91. The Balaban J connectivity index is 1.58. The van der Waals surface area contributed by atoms with Crippen molar-refractivity contribution in [2.75, 3.05) is 25.6 Å². The number of fused-ring (bicyclic) bond motifs is 4. The molecule has 0 unspecified atom stereocenters. The van der Waals surface area contributed by atoms with E-state index in [1.807, 2.05) is 6.08 Å². The van der Waals surface area contributed by atoms with Gasteiger partial charge >= 0.3 is 0 Å². The lowest BCUT2D eigenvalue weighted by Crippen LogP contribution is -2.43. The first-order valence-electron chi connectivity index (χ1n) is 12.5. The normalized spacial score (nSPS) is 34.0. The Morgan fingerprint density at radius 1 is 1.09 bits per heavy atom. The van der Waals surface area contributed by atoms with E-state index in [1.54, 1.807) is 5.57 Å². The lowest BCUT2D eigenvalue weighted by atomic mass is 9.56. The Morgan fingerprint density at radius 3 is 2.59 bits per heavy atom. The molecule has 32 heavy (non-hydrogen) atoms. The van der Waals surface area contributed by atoms with Crippen LogP contribution in [0.3, 0.4) is 0 Å². The lowest BCUT2D eigenvalue weighted by Gasteiger charge is -2.49. The molecule has 0 spiro atoms. The first-order chi connectivity index (χ1) is 15.4. The molecule has 4 heteroatoms. The van der Waals surface area contributed by atoms with Crippen LogP contribution in [-0.4, -0.2) is 42.3 Å².